The highest BCUT2D eigenvalue weighted by atomic mass is 15.0. The lowest BCUT2D eigenvalue weighted by atomic mass is 10.4. The molecule has 0 saturated heterocycles. The molecule has 3 nitrogen and oxygen atoms in total. The molecule has 56 valence electrons. The van der Waals surface area contributed by atoms with E-state index in [1.165, 1.54) is 0 Å². The van der Waals surface area contributed by atoms with E-state index in [0.29, 0.717) is 0 Å². The predicted molar refractivity (Wildman–Crippen MR) is 40.8 cm³/mol. The number of rotatable bonds is 4. The Morgan fingerprint density at radius 1 is 1.60 bits per heavy atom. The summed E-state index contributed by atoms with van der Waals surface area (Å²) in [6.45, 7) is 2.12. The number of nitrogens with zero attached hydrogens (tertiary/aromatic N) is 2. The van der Waals surface area contributed by atoms with Crippen LogP contribution >= 0.6 is 0 Å². The lowest BCUT2D eigenvalue weighted by Gasteiger charge is -1.99. The number of hydrogen-bond donors (Lipinski definition) is 1. The third-order valence-corrected chi connectivity index (χ3v) is 1.40. The fourth-order valence-corrected chi connectivity index (χ4v) is 0.857. The van der Waals surface area contributed by atoms with Gasteiger partial charge in [0.15, 0.2) is 0 Å². The summed E-state index contributed by atoms with van der Waals surface area (Å²) in [6, 6.07) is 0. The second-order valence-electron chi connectivity index (χ2n) is 2.26. The quantitative estimate of drug-likeness (QED) is 0.615. The number of hydrogen-bond acceptors (Lipinski definition) is 2. The van der Waals surface area contributed by atoms with E-state index >= 15 is 0 Å². The first-order valence-corrected chi connectivity index (χ1v) is 3.54. The zero-order valence-corrected chi connectivity index (χ0v) is 6.25. The van der Waals surface area contributed by atoms with Gasteiger partial charge in [0, 0.05) is 18.9 Å². The molecule has 10 heavy (non-hydrogen) atoms. The zero-order chi connectivity index (χ0) is 7.23. The molecule has 3 heteroatoms. The topological polar surface area (TPSA) is 29.9 Å². The van der Waals surface area contributed by atoms with Crippen molar-refractivity contribution in [1.29, 1.82) is 0 Å². The third-order valence-electron chi connectivity index (χ3n) is 1.40. The summed E-state index contributed by atoms with van der Waals surface area (Å²) in [6.07, 6.45) is 6.79. The van der Waals surface area contributed by atoms with Crippen LogP contribution in [0.1, 0.15) is 6.42 Å². The van der Waals surface area contributed by atoms with Gasteiger partial charge in [0.25, 0.3) is 0 Å². The van der Waals surface area contributed by atoms with E-state index in [1.54, 1.807) is 6.20 Å². The Kier molecular flexibility index (Phi) is 2.96. The minimum Gasteiger partial charge on any atom is -0.337 e. The van der Waals surface area contributed by atoms with E-state index in [2.05, 4.69) is 14.9 Å². The number of aryl methyl sites for hydroxylation is 1. The number of aromatic nitrogens is 2. The van der Waals surface area contributed by atoms with E-state index in [4.69, 9.17) is 0 Å². The summed E-state index contributed by atoms with van der Waals surface area (Å²) in [5, 5.41) is 3.10. The molecule has 1 N–H and O–H groups in total. The molecule has 0 aliphatic rings. The Bertz CT molecular complexity index is 157. The van der Waals surface area contributed by atoms with Gasteiger partial charge in [0.2, 0.25) is 0 Å². The zero-order valence-electron chi connectivity index (χ0n) is 6.25. The first kappa shape index (κ1) is 7.28. The maximum atomic E-state index is 3.94. The fourth-order valence-electron chi connectivity index (χ4n) is 0.857. The molecule has 0 saturated carbocycles. The molecule has 1 aromatic heterocycles. The van der Waals surface area contributed by atoms with E-state index < -0.39 is 0 Å². The van der Waals surface area contributed by atoms with E-state index in [9.17, 15) is 0 Å². The average Bonchev–Trinajstić information content (AvgIpc) is 2.41. The van der Waals surface area contributed by atoms with Crippen LogP contribution in [0.25, 0.3) is 0 Å². The normalized spacial score (nSPS) is 10.1. The van der Waals surface area contributed by atoms with E-state index in [0.717, 1.165) is 19.5 Å². The monoisotopic (exact) mass is 139 g/mol. The minimum absolute atomic E-state index is 1.06. The van der Waals surface area contributed by atoms with Crippen LogP contribution < -0.4 is 5.32 Å². The van der Waals surface area contributed by atoms with Crippen molar-refractivity contribution in [2.45, 2.75) is 13.0 Å². The van der Waals surface area contributed by atoms with Crippen molar-refractivity contribution in [1.82, 2.24) is 14.9 Å². The Hall–Kier alpha value is -0.830. The molecule has 1 rings (SSSR count). The maximum Gasteiger partial charge on any atom is 0.0945 e. The molecule has 1 aromatic rings. The summed E-state index contributed by atoms with van der Waals surface area (Å²) in [5.41, 5.74) is 0. The van der Waals surface area contributed by atoms with E-state index in [1.807, 2.05) is 19.6 Å². The van der Waals surface area contributed by atoms with Gasteiger partial charge in [-0.05, 0) is 20.0 Å². The highest BCUT2D eigenvalue weighted by molar-refractivity contribution is 4.73. The van der Waals surface area contributed by atoms with Gasteiger partial charge in [-0.25, -0.2) is 4.98 Å². The first-order chi connectivity index (χ1) is 4.93. The smallest absolute Gasteiger partial charge is 0.0945 e. The Morgan fingerprint density at radius 3 is 3.10 bits per heavy atom. The molecule has 0 aliphatic heterocycles. The molecular weight excluding hydrogens is 126 g/mol. The van der Waals surface area contributed by atoms with Crippen LogP contribution in [0.2, 0.25) is 0 Å². The van der Waals surface area contributed by atoms with E-state index in [-0.39, 0.29) is 0 Å². The summed E-state index contributed by atoms with van der Waals surface area (Å²) < 4.78 is 2.08. The molecule has 0 bridgehead atoms. The van der Waals surface area contributed by atoms with Crippen LogP contribution in [0.3, 0.4) is 0 Å². The van der Waals surface area contributed by atoms with Gasteiger partial charge in [-0.15, -0.1) is 0 Å². The van der Waals surface area contributed by atoms with Crippen LogP contribution in [0.5, 0.6) is 0 Å². The van der Waals surface area contributed by atoms with Crippen molar-refractivity contribution >= 4 is 0 Å². The Balaban J connectivity index is 2.15. The van der Waals surface area contributed by atoms with Crippen molar-refractivity contribution in [2.24, 2.45) is 0 Å². The molecular formula is C7H13N3. The SMILES string of the molecule is CNCCCn1ccnc1. The highest BCUT2D eigenvalue weighted by Gasteiger charge is 1.86. The maximum absolute atomic E-state index is 3.94. The molecule has 0 atom stereocenters. The van der Waals surface area contributed by atoms with Crippen molar-refractivity contribution in [3.63, 3.8) is 0 Å². The molecule has 0 spiro atoms. The summed E-state index contributed by atoms with van der Waals surface area (Å²) in [5.74, 6) is 0. The van der Waals surface area contributed by atoms with Gasteiger partial charge in [-0.2, -0.15) is 0 Å². The fraction of sp³-hybridized carbons (Fsp3) is 0.571. The van der Waals surface area contributed by atoms with Crippen molar-refractivity contribution in [3.8, 4) is 0 Å². The largest absolute Gasteiger partial charge is 0.337 e. The number of imidazole rings is 1. The summed E-state index contributed by atoms with van der Waals surface area (Å²) in [4.78, 5) is 3.94. The molecule has 1 heterocycles. The molecule has 0 unspecified atom stereocenters. The Morgan fingerprint density at radius 2 is 2.50 bits per heavy atom. The molecule has 0 amide bonds. The molecule has 0 aromatic carbocycles. The van der Waals surface area contributed by atoms with Gasteiger partial charge < -0.3 is 9.88 Å². The molecule has 0 aliphatic carbocycles. The first-order valence-electron chi connectivity index (χ1n) is 3.54. The lowest BCUT2D eigenvalue weighted by Crippen LogP contribution is -2.10. The van der Waals surface area contributed by atoms with Crippen molar-refractivity contribution in [2.75, 3.05) is 13.6 Å². The van der Waals surface area contributed by atoms with Crippen molar-refractivity contribution < 1.29 is 0 Å². The highest BCUT2D eigenvalue weighted by Crippen LogP contribution is 1.87. The van der Waals surface area contributed by atoms with Crippen LogP contribution in [0.15, 0.2) is 18.7 Å². The predicted octanol–water partition coefficient (Wildman–Crippen LogP) is 0.493. The second kappa shape index (κ2) is 4.06. The third kappa shape index (κ3) is 2.19. The van der Waals surface area contributed by atoms with Gasteiger partial charge in [0.1, 0.15) is 0 Å². The molecule has 0 fully saturated rings. The average molecular weight is 139 g/mol. The Labute approximate surface area is 61.1 Å². The van der Waals surface area contributed by atoms with Gasteiger partial charge in [-0.1, -0.05) is 0 Å². The van der Waals surface area contributed by atoms with Crippen LogP contribution in [0, 0.1) is 0 Å². The second-order valence-corrected chi connectivity index (χ2v) is 2.26. The van der Waals surface area contributed by atoms with Crippen LogP contribution in [-0.4, -0.2) is 23.1 Å². The standard InChI is InChI=1S/C7H13N3/c1-8-3-2-5-10-6-4-9-7-10/h4,6-8H,2-3,5H2,1H3. The van der Waals surface area contributed by atoms with Gasteiger partial charge in [-0.3, -0.25) is 0 Å². The minimum atomic E-state index is 1.06. The summed E-state index contributed by atoms with van der Waals surface area (Å²) in [7, 11) is 1.97. The molecule has 0 radical (unpaired) electrons. The van der Waals surface area contributed by atoms with Gasteiger partial charge in [0.05, 0.1) is 6.33 Å². The number of nitrogens with one attached hydrogen (secondary N) is 1. The van der Waals surface area contributed by atoms with Crippen LogP contribution in [-0.2, 0) is 6.54 Å². The summed E-state index contributed by atoms with van der Waals surface area (Å²) >= 11 is 0. The van der Waals surface area contributed by atoms with Gasteiger partial charge >= 0.3 is 0 Å². The van der Waals surface area contributed by atoms with Crippen LogP contribution in [0.4, 0.5) is 0 Å². The van der Waals surface area contributed by atoms with Crippen molar-refractivity contribution in [3.05, 3.63) is 18.7 Å². The lowest BCUT2D eigenvalue weighted by molar-refractivity contribution is 0.612.